The van der Waals surface area contributed by atoms with Crippen molar-refractivity contribution in [3.05, 3.63) is 23.1 Å². The molecule has 0 unspecified atom stereocenters. The Morgan fingerprint density at radius 1 is 1.38 bits per heavy atom. The zero-order chi connectivity index (χ0) is 11.3. The lowest BCUT2D eigenvalue weighted by Crippen LogP contribution is -2.23. The molecule has 16 heavy (non-hydrogen) atoms. The summed E-state index contributed by atoms with van der Waals surface area (Å²) in [5, 5.41) is 8.72. The van der Waals surface area contributed by atoms with Crippen LogP contribution in [-0.4, -0.2) is 27.0 Å². The topological polar surface area (TPSA) is 46.8 Å². The van der Waals surface area contributed by atoms with Gasteiger partial charge in [-0.3, -0.25) is 0 Å². The van der Waals surface area contributed by atoms with Gasteiger partial charge in [0.15, 0.2) is 5.15 Å². The third kappa shape index (κ3) is 1.15. The molecule has 1 aliphatic rings. The fraction of sp³-hybridized carbons (Fsp3) is 0.300. The van der Waals surface area contributed by atoms with E-state index >= 15 is 0 Å². The highest BCUT2D eigenvalue weighted by atomic mass is 35.5. The second-order valence-corrected chi connectivity index (χ2v) is 4.22. The van der Waals surface area contributed by atoms with Gasteiger partial charge in [0.05, 0.1) is 17.9 Å². The lowest BCUT2D eigenvalue weighted by Gasteiger charge is -2.27. The minimum Gasteiger partial charge on any atom is -0.366 e. The molecule has 0 radical (unpaired) electrons. The lowest BCUT2D eigenvalue weighted by atomic mass is 10.0. The molecule has 0 aromatic carbocycles. The van der Waals surface area contributed by atoms with E-state index in [4.69, 9.17) is 11.6 Å². The van der Waals surface area contributed by atoms with Crippen LogP contribution in [0.15, 0.2) is 12.3 Å². The summed E-state index contributed by atoms with van der Waals surface area (Å²) in [4.78, 5) is 6.16. The van der Waals surface area contributed by atoms with Crippen molar-refractivity contribution in [3.63, 3.8) is 0 Å². The molecular formula is C10H10ClN5. The van der Waals surface area contributed by atoms with Gasteiger partial charge in [0.1, 0.15) is 5.69 Å². The summed E-state index contributed by atoms with van der Waals surface area (Å²) in [5.41, 5.74) is 3.92. The first-order valence-corrected chi connectivity index (χ1v) is 5.31. The molecule has 0 saturated heterocycles. The number of hydrogen-bond acceptors (Lipinski definition) is 4. The smallest absolute Gasteiger partial charge is 0.152 e. The standard InChI is InChI=1S/C10H10ClN5/c1-15-5-7-8(13-14-16(7)2)6-3-4-12-10(11)9(6)15/h3-4H,5H2,1-2H3. The van der Waals surface area contributed by atoms with Crippen LogP contribution >= 0.6 is 11.6 Å². The molecule has 0 saturated carbocycles. The minimum atomic E-state index is 0.510. The summed E-state index contributed by atoms with van der Waals surface area (Å²) >= 11 is 6.10. The maximum Gasteiger partial charge on any atom is 0.152 e. The molecule has 5 nitrogen and oxygen atoms in total. The van der Waals surface area contributed by atoms with E-state index in [1.807, 2.05) is 20.2 Å². The van der Waals surface area contributed by atoms with Gasteiger partial charge in [-0.15, -0.1) is 5.10 Å². The molecule has 0 fully saturated rings. The highest BCUT2D eigenvalue weighted by Crippen LogP contribution is 2.39. The molecule has 0 aliphatic carbocycles. The number of fused-ring (bicyclic) bond motifs is 3. The molecule has 3 rings (SSSR count). The van der Waals surface area contributed by atoms with Crippen molar-refractivity contribution in [2.45, 2.75) is 6.54 Å². The molecule has 0 spiro atoms. The number of halogens is 1. The van der Waals surface area contributed by atoms with Gasteiger partial charge in [-0.05, 0) is 6.07 Å². The maximum absolute atomic E-state index is 6.10. The molecule has 6 heteroatoms. The first kappa shape index (κ1) is 9.59. The first-order valence-electron chi connectivity index (χ1n) is 4.93. The summed E-state index contributed by atoms with van der Waals surface area (Å²) in [5.74, 6) is 0. The van der Waals surface area contributed by atoms with Crippen molar-refractivity contribution in [2.24, 2.45) is 7.05 Å². The summed E-state index contributed by atoms with van der Waals surface area (Å²) in [6, 6.07) is 1.92. The van der Waals surface area contributed by atoms with E-state index in [-0.39, 0.29) is 0 Å². The average Bonchev–Trinajstić information content (AvgIpc) is 2.61. The Kier molecular flexibility index (Phi) is 1.91. The SMILES string of the molecule is CN1Cc2c(nnn2C)-c2ccnc(Cl)c21. The van der Waals surface area contributed by atoms with Crippen LogP contribution in [0.4, 0.5) is 5.69 Å². The lowest BCUT2D eigenvalue weighted by molar-refractivity contribution is 0.670. The van der Waals surface area contributed by atoms with E-state index < -0.39 is 0 Å². The predicted molar refractivity (Wildman–Crippen MR) is 61.4 cm³/mol. The van der Waals surface area contributed by atoms with Crippen molar-refractivity contribution in [1.82, 2.24) is 20.0 Å². The molecule has 0 atom stereocenters. The third-order valence-corrected chi connectivity index (χ3v) is 3.12. The van der Waals surface area contributed by atoms with Crippen molar-refractivity contribution in [3.8, 4) is 11.3 Å². The van der Waals surface area contributed by atoms with Crippen molar-refractivity contribution in [1.29, 1.82) is 0 Å². The number of anilines is 1. The second kappa shape index (κ2) is 3.18. The number of rotatable bonds is 0. The van der Waals surface area contributed by atoms with Gasteiger partial charge >= 0.3 is 0 Å². The van der Waals surface area contributed by atoms with Crippen LogP contribution in [0.25, 0.3) is 11.3 Å². The molecule has 0 bridgehead atoms. The van der Waals surface area contributed by atoms with Gasteiger partial charge in [-0.2, -0.15) is 0 Å². The van der Waals surface area contributed by atoms with Crippen molar-refractivity contribution >= 4 is 17.3 Å². The van der Waals surface area contributed by atoms with Gasteiger partial charge in [0, 0.05) is 25.9 Å². The van der Waals surface area contributed by atoms with E-state index in [1.165, 1.54) is 0 Å². The van der Waals surface area contributed by atoms with Crippen LogP contribution in [-0.2, 0) is 13.6 Å². The Morgan fingerprint density at radius 2 is 2.19 bits per heavy atom. The van der Waals surface area contributed by atoms with Gasteiger partial charge in [-0.25, -0.2) is 9.67 Å². The quantitative estimate of drug-likeness (QED) is 0.649. The van der Waals surface area contributed by atoms with Crippen LogP contribution in [0.5, 0.6) is 0 Å². The van der Waals surface area contributed by atoms with E-state index in [2.05, 4.69) is 20.2 Å². The minimum absolute atomic E-state index is 0.510. The van der Waals surface area contributed by atoms with E-state index in [9.17, 15) is 0 Å². The molecule has 0 N–H and O–H groups in total. The van der Waals surface area contributed by atoms with Gasteiger partial charge in [0.2, 0.25) is 0 Å². The van der Waals surface area contributed by atoms with E-state index in [0.29, 0.717) is 5.15 Å². The summed E-state index contributed by atoms with van der Waals surface area (Å²) in [6.45, 7) is 0.747. The van der Waals surface area contributed by atoms with Crippen molar-refractivity contribution in [2.75, 3.05) is 11.9 Å². The third-order valence-electron chi connectivity index (χ3n) is 2.85. The average molecular weight is 236 g/mol. The second-order valence-electron chi connectivity index (χ2n) is 3.86. The molecule has 3 heterocycles. The highest BCUT2D eigenvalue weighted by molar-refractivity contribution is 6.32. The van der Waals surface area contributed by atoms with Crippen LogP contribution in [0, 0.1) is 0 Å². The molecule has 2 aromatic rings. The maximum atomic E-state index is 6.10. The van der Waals surface area contributed by atoms with Crippen molar-refractivity contribution < 1.29 is 0 Å². The Morgan fingerprint density at radius 3 is 3.00 bits per heavy atom. The van der Waals surface area contributed by atoms with Gasteiger partial charge < -0.3 is 4.90 Å². The summed E-state index contributed by atoms with van der Waals surface area (Å²) in [7, 11) is 3.88. The monoisotopic (exact) mass is 235 g/mol. The fourth-order valence-corrected chi connectivity index (χ4v) is 2.35. The predicted octanol–water partition coefficient (Wildman–Crippen LogP) is 1.48. The van der Waals surface area contributed by atoms with E-state index in [0.717, 1.165) is 29.2 Å². The largest absolute Gasteiger partial charge is 0.366 e. The molecule has 0 amide bonds. The highest BCUT2D eigenvalue weighted by Gasteiger charge is 2.26. The number of nitrogens with zero attached hydrogens (tertiary/aromatic N) is 5. The van der Waals surface area contributed by atoms with E-state index in [1.54, 1.807) is 10.9 Å². The molecule has 2 aromatic heterocycles. The number of hydrogen-bond donors (Lipinski definition) is 0. The Bertz CT molecular complexity index is 562. The van der Waals surface area contributed by atoms with Crippen LogP contribution in [0.3, 0.4) is 0 Å². The number of aromatic nitrogens is 4. The Balaban J connectivity index is 2.33. The first-order chi connectivity index (χ1) is 7.68. The van der Waals surface area contributed by atoms with Crippen LogP contribution < -0.4 is 4.90 Å². The zero-order valence-electron chi connectivity index (χ0n) is 8.98. The zero-order valence-corrected chi connectivity index (χ0v) is 9.73. The van der Waals surface area contributed by atoms with Gasteiger partial charge in [-0.1, -0.05) is 16.8 Å². The summed E-state index contributed by atoms with van der Waals surface area (Å²) < 4.78 is 1.79. The molecule has 82 valence electrons. The van der Waals surface area contributed by atoms with Crippen LogP contribution in [0.2, 0.25) is 5.15 Å². The number of pyridine rings is 1. The number of aryl methyl sites for hydroxylation is 1. The molecule has 1 aliphatic heterocycles. The normalized spacial score (nSPS) is 13.6. The molecular weight excluding hydrogens is 226 g/mol. The van der Waals surface area contributed by atoms with Gasteiger partial charge in [0.25, 0.3) is 0 Å². The fourth-order valence-electron chi connectivity index (χ4n) is 2.05. The van der Waals surface area contributed by atoms with Crippen LogP contribution in [0.1, 0.15) is 5.69 Å². The Labute approximate surface area is 97.7 Å². The Hall–Kier alpha value is -1.62. The summed E-state index contributed by atoms with van der Waals surface area (Å²) in [6.07, 6.45) is 1.69.